The molecule has 2 heteroatoms. The third kappa shape index (κ3) is 6.79. The lowest BCUT2D eigenvalue weighted by Gasteiger charge is -2.26. The van der Waals surface area contributed by atoms with Gasteiger partial charge in [0.05, 0.1) is 0 Å². The van der Waals surface area contributed by atoms with Gasteiger partial charge in [-0.15, -0.1) is 0 Å². The van der Waals surface area contributed by atoms with E-state index in [0.29, 0.717) is 0 Å². The van der Waals surface area contributed by atoms with Crippen molar-refractivity contribution in [3.63, 3.8) is 0 Å². The molecule has 1 aliphatic rings. The Hall–Kier alpha value is -8.46. The SMILES string of the molecule is c1ccc(-c2ccc(N(c3ccc(-c4ccccc4)cc3)c3ccc(-c4ccc5c(c4)Oc4cc(-c6cccc7ccccc67)ccc4-c4cc6ccccc6cc4-5)cc3)cc2)cc1. The second-order valence-corrected chi connectivity index (χ2v) is 16.5. The molecule has 1 aliphatic heterocycles. The van der Waals surface area contributed by atoms with Gasteiger partial charge in [0.1, 0.15) is 11.5 Å². The molecule has 0 aromatic heterocycles. The van der Waals surface area contributed by atoms with Gasteiger partial charge < -0.3 is 9.64 Å². The second-order valence-electron chi connectivity index (χ2n) is 16.5. The van der Waals surface area contributed by atoms with Gasteiger partial charge >= 0.3 is 0 Å². The summed E-state index contributed by atoms with van der Waals surface area (Å²) < 4.78 is 7.10. The molecule has 0 saturated carbocycles. The number of rotatable bonds is 7. The number of fused-ring (bicyclic) bond motifs is 7. The molecule has 0 radical (unpaired) electrons. The summed E-state index contributed by atoms with van der Waals surface area (Å²) in [6.45, 7) is 0. The molecule has 11 aromatic rings. The molecule has 0 atom stereocenters. The smallest absolute Gasteiger partial charge is 0.135 e. The summed E-state index contributed by atoms with van der Waals surface area (Å²) in [5.74, 6) is 1.69. The highest BCUT2D eigenvalue weighted by Gasteiger charge is 2.23. The van der Waals surface area contributed by atoms with Gasteiger partial charge in [-0.2, -0.15) is 0 Å². The third-order valence-corrected chi connectivity index (χ3v) is 12.7. The van der Waals surface area contributed by atoms with Gasteiger partial charge in [-0.3, -0.25) is 0 Å². The fourth-order valence-corrected chi connectivity index (χ4v) is 9.40. The predicted molar refractivity (Wildman–Crippen MR) is 269 cm³/mol. The highest BCUT2D eigenvalue weighted by atomic mass is 16.5. The van der Waals surface area contributed by atoms with Crippen molar-refractivity contribution in [3.05, 3.63) is 249 Å². The molecule has 0 N–H and O–H groups in total. The largest absolute Gasteiger partial charge is 0.456 e. The molecular formula is C62H41NO. The van der Waals surface area contributed by atoms with Crippen molar-refractivity contribution in [1.29, 1.82) is 0 Å². The number of anilines is 3. The molecule has 0 fully saturated rings. The van der Waals surface area contributed by atoms with Gasteiger partial charge in [0.2, 0.25) is 0 Å². The Morgan fingerprint density at radius 3 is 1.16 bits per heavy atom. The minimum absolute atomic E-state index is 0.838. The number of nitrogens with zero attached hydrogens (tertiary/aromatic N) is 1. The van der Waals surface area contributed by atoms with Gasteiger partial charge in [0.15, 0.2) is 0 Å². The highest BCUT2D eigenvalue weighted by Crippen LogP contribution is 2.50. The fraction of sp³-hybridized carbons (Fsp3) is 0. The Balaban J connectivity index is 0.937. The lowest BCUT2D eigenvalue weighted by molar-refractivity contribution is 0.488. The van der Waals surface area contributed by atoms with E-state index in [9.17, 15) is 0 Å². The van der Waals surface area contributed by atoms with Crippen LogP contribution in [0.4, 0.5) is 17.1 Å². The van der Waals surface area contributed by atoms with Gasteiger partial charge in [0, 0.05) is 28.2 Å². The van der Waals surface area contributed by atoms with Crippen LogP contribution in [-0.2, 0) is 0 Å². The minimum Gasteiger partial charge on any atom is -0.456 e. The quantitative estimate of drug-likeness (QED) is 0.159. The van der Waals surface area contributed by atoms with Gasteiger partial charge in [0.25, 0.3) is 0 Å². The summed E-state index contributed by atoms with van der Waals surface area (Å²) in [5.41, 5.74) is 17.0. The number of ether oxygens (including phenoxy) is 1. The van der Waals surface area contributed by atoms with Crippen LogP contribution in [-0.4, -0.2) is 0 Å². The van der Waals surface area contributed by atoms with Crippen LogP contribution in [0.15, 0.2) is 249 Å². The molecule has 0 spiro atoms. The molecule has 11 aromatic carbocycles. The van der Waals surface area contributed by atoms with E-state index in [2.05, 4.69) is 254 Å². The van der Waals surface area contributed by atoms with E-state index in [0.717, 1.165) is 56.4 Å². The lowest BCUT2D eigenvalue weighted by atomic mass is 9.89. The Kier molecular flexibility index (Phi) is 9.20. The molecule has 0 amide bonds. The zero-order valence-electron chi connectivity index (χ0n) is 35.0. The van der Waals surface area contributed by atoms with Crippen LogP contribution in [0.1, 0.15) is 0 Å². The van der Waals surface area contributed by atoms with Crippen molar-refractivity contribution in [3.8, 4) is 78.3 Å². The van der Waals surface area contributed by atoms with Gasteiger partial charge in [-0.25, -0.2) is 0 Å². The van der Waals surface area contributed by atoms with E-state index in [1.807, 2.05) is 0 Å². The molecule has 300 valence electrons. The van der Waals surface area contributed by atoms with Crippen molar-refractivity contribution < 1.29 is 4.74 Å². The van der Waals surface area contributed by atoms with Gasteiger partial charge in [-0.1, -0.05) is 176 Å². The summed E-state index contributed by atoms with van der Waals surface area (Å²) in [7, 11) is 0. The molecule has 64 heavy (non-hydrogen) atoms. The molecular weight excluding hydrogens is 775 g/mol. The Morgan fingerprint density at radius 1 is 0.234 bits per heavy atom. The molecule has 0 unspecified atom stereocenters. The zero-order chi connectivity index (χ0) is 42.4. The van der Waals surface area contributed by atoms with E-state index in [-0.39, 0.29) is 0 Å². The molecule has 2 nitrogen and oxygen atoms in total. The minimum atomic E-state index is 0.838. The Labute approximate surface area is 373 Å². The number of hydrogen-bond donors (Lipinski definition) is 0. The number of benzene rings is 11. The van der Waals surface area contributed by atoms with Crippen molar-refractivity contribution >= 4 is 38.6 Å². The van der Waals surface area contributed by atoms with Crippen LogP contribution < -0.4 is 9.64 Å². The first-order chi connectivity index (χ1) is 31.7. The summed E-state index contributed by atoms with van der Waals surface area (Å²) in [5, 5.41) is 4.86. The van der Waals surface area contributed by atoms with Crippen LogP contribution in [0.5, 0.6) is 11.5 Å². The third-order valence-electron chi connectivity index (χ3n) is 12.7. The van der Waals surface area contributed by atoms with Crippen molar-refractivity contribution in [2.24, 2.45) is 0 Å². The number of hydrogen-bond acceptors (Lipinski definition) is 2. The predicted octanol–water partition coefficient (Wildman–Crippen LogP) is 17.6. The van der Waals surface area contributed by atoms with Crippen LogP contribution >= 0.6 is 0 Å². The average Bonchev–Trinajstić information content (AvgIpc) is 3.50. The van der Waals surface area contributed by atoms with Crippen molar-refractivity contribution in [2.45, 2.75) is 0 Å². The van der Waals surface area contributed by atoms with Crippen LogP contribution in [0.3, 0.4) is 0 Å². The monoisotopic (exact) mass is 815 g/mol. The lowest BCUT2D eigenvalue weighted by Crippen LogP contribution is -2.09. The highest BCUT2D eigenvalue weighted by molar-refractivity contribution is 6.02. The van der Waals surface area contributed by atoms with Crippen molar-refractivity contribution in [1.82, 2.24) is 0 Å². The first-order valence-electron chi connectivity index (χ1n) is 21.9. The molecule has 12 rings (SSSR count). The molecule has 0 bridgehead atoms. The van der Waals surface area contributed by atoms with E-state index < -0.39 is 0 Å². The second kappa shape index (κ2) is 15.8. The van der Waals surface area contributed by atoms with E-state index in [1.54, 1.807) is 0 Å². The summed E-state index contributed by atoms with van der Waals surface area (Å²) in [6.07, 6.45) is 0. The zero-order valence-corrected chi connectivity index (χ0v) is 35.0. The van der Waals surface area contributed by atoms with Crippen LogP contribution in [0, 0.1) is 0 Å². The first kappa shape index (κ1) is 37.3. The maximum atomic E-state index is 7.10. The fourth-order valence-electron chi connectivity index (χ4n) is 9.40. The van der Waals surface area contributed by atoms with Crippen LogP contribution in [0.25, 0.3) is 88.3 Å². The normalized spacial score (nSPS) is 11.6. The summed E-state index contributed by atoms with van der Waals surface area (Å²) in [4.78, 5) is 2.33. The van der Waals surface area contributed by atoms with Crippen LogP contribution in [0.2, 0.25) is 0 Å². The summed E-state index contributed by atoms with van der Waals surface area (Å²) in [6, 6.07) is 89.5. The van der Waals surface area contributed by atoms with E-state index >= 15 is 0 Å². The molecule has 0 aliphatic carbocycles. The van der Waals surface area contributed by atoms with Gasteiger partial charge in [-0.05, 0) is 150 Å². The molecule has 1 heterocycles. The Bertz CT molecular complexity index is 3400. The summed E-state index contributed by atoms with van der Waals surface area (Å²) >= 11 is 0. The molecule has 0 saturated heterocycles. The van der Waals surface area contributed by atoms with Crippen molar-refractivity contribution in [2.75, 3.05) is 4.90 Å². The average molecular weight is 816 g/mol. The van der Waals surface area contributed by atoms with E-state index in [1.165, 1.54) is 60.5 Å². The maximum absolute atomic E-state index is 7.10. The standard InChI is InChI=1S/C62H41NO/c1-3-12-42(13-4-1)44-22-30-52(31-23-44)63(53-32-24-45(25-33-53)43-14-5-2-6-15-43)54-34-26-46(27-35-54)50-28-36-57-59-38-48-17-7-8-18-49(48)39-60(59)58-37-29-51(41-62(58)64-61(57)40-50)56-21-11-19-47-16-9-10-20-55(47)56/h1-41H. The topological polar surface area (TPSA) is 12.5 Å². The first-order valence-corrected chi connectivity index (χ1v) is 21.9. The van der Waals surface area contributed by atoms with E-state index in [4.69, 9.17) is 4.74 Å². The Morgan fingerprint density at radius 2 is 0.625 bits per heavy atom. The maximum Gasteiger partial charge on any atom is 0.135 e.